The lowest BCUT2D eigenvalue weighted by molar-refractivity contribution is 0.0539. The number of benzene rings is 1. The van der Waals surface area contributed by atoms with Gasteiger partial charge in [-0.3, -0.25) is 0 Å². The van der Waals surface area contributed by atoms with E-state index in [1.54, 1.807) is 7.11 Å². The van der Waals surface area contributed by atoms with Crippen LogP contribution in [-0.4, -0.2) is 38.5 Å². The summed E-state index contributed by atoms with van der Waals surface area (Å²) in [6, 6.07) is 9.94. The molecule has 0 aliphatic carbocycles. The van der Waals surface area contributed by atoms with Gasteiger partial charge in [-0.2, -0.15) is 0 Å². The third kappa shape index (κ3) is 4.07. The average Bonchev–Trinajstić information content (AvgIpc) is 2.50. The van der Waals surface area contributed by atoms with Crippen LogP contribution in [0.1, 0.15) is 5.69 Å². The fourth-order valence-corrected chi connectivity index (χ4v) is 1.98. The SMILES string of the molecule is COCCOCCOc1nc(CCl)cc2ccccc12. The number of rotatable bonds is 8. The van der Waals surface area contributed by atoms with Gasteiger partial charge in [-0.15, -0.1) is 11.6 Å². The zero-order chi connectivity index (χ0) is 14.2. The quantitative estimate of drug-likeness (QED) is 0.554. The Balaban J connectivity index is 2.01. The Morgan fingerprint density at radius 3 is 2.70 bits per heavy atom. The summed E-state index contributed by atoms with van der Waals surface area (Å²) in [6.45, 7) is 2.11. The minimum absolute atomic E-state index is 0.367. The van der Waals surface area contributed by atoms with E-state index in [-0.39, 0.29) is 0 Å². The van der Waals surface area contributed by atoms with E-state index in [0.717, 1.165) is 16.5 Å². The van der Waals surface area contributed by atoms with E-state index >= 15 is 0 Å². The van der Waals surface area contributed by atoms with Gasteiger partial charge in [-0.25, -0.2) is 4.98 Å². The molecule has 1 aromatic carbocycles. The lowest BCUT2D eigenvalue weighted by atomic mass is 10.1. The van der Waals surface area contributed by atoms with Gasteiger partial charge in [0.2, 0.25) is 5.88 Å². The molecule has 0 amide bonds. The van der Waals surface area contributed by atoms with Gasteiger partial charge in [0.25, 0.3) is 0 Å². The number of nitrogens with zero attached hydrogens (tertiary/aromatic N) is 1. The molecule has 2 aromatic rings. The van der Waals surface area contributed by atoms with Crippen molar-refractivity contribution in [2.45, 2.75) is 5.88 Å². The molecule has 0 N–H and O–H groups in total. The van der Waals surface area contributed by atoms with Crippen molar-refractivity contribution in [1.82, 2.24) is 4.98 Å². The summed E-state index contributed by atoms with van der Waals surface area (Å²) in [6.07, 6.45) is 0. The molecule has 0 spiro atoms. The Kier molecular flexibility index (Phi) is 6.05. The first-order valence-corrected chi connectivity index (χ1v) is 7.02. The summed E-state index contributed by atoms with van der Waals surface area (Å²) in [5.74, 6) is 0.972. The third-order valence-electron chi connectivity index (χ3n) is 2.79. The highest BCUT2D eigenvalue weighted by atomic mass is 35.5. The number of hydrogen-bond donors (Lipinski definition) is 0. The number of ether oxygens (including phenoxy) is 3. The average molecular weight is 296 g/mol. The maximum Gasteiger partial charge on any atom is 0.221 e. The van der Waals surface area contributed by atoms with Crippen molar-refractivity contribution in [3.05, 3.63) is 36.0 Å². The normalized spacial score (nSPS) is 10.9. The molecule has 0 aliphatic heterocycles. The summed E-state index contributed by atoms with van der Waals surface area (Å²) < 4.78 is 16.0. The highest BCUT2D eigenvalue weighted by Gasteiger charge is 2.06. The van der Waals surface area contributed by atoms with Crippen LogP contribution in [0.4, 0.5) is 0 Å². The van der Waals surface area contributed by atoms with Crippen LogP contribution in [0.3, 0.4) is 0 Å². The third-order valence-corrected chi connectivity index (χ3v) is 3.07. The number of alkyl halides is 1. The number of hydrogen-bond acceptors (Lipinski definition) is 4. The summed E-state index contributed by atoms with van der Waals surface area (Å²) in [4.78, 5) is 4.42. The van der Waals surface area contributed by atoms with Crippen molar-refractivity contribution in [3.8, 4) is 5.88 Å². The van der Waals surface area contributed by atoms with Crippen LogP contribution in [0, 0.1) is 0 Å². The molecule has 0 saturated carbocycles. The van der Waals surface area contributed by atoms with Crippen molar-refractivity contribution >= 4 is 22.4 Å². The zero-order valence-electron chi connectivity index (χ0n) is 11.5. The predicted molar refractivity (Wildman–Crippen MR) is 79.5 cm³/mol. The predicted octanol–water partition coefficient (Wildman–Crippen LogP) is 3.02. The fourth-order valence-electron chi connectivity index (χ4n) is 1.84. The largest absolute Gasteiger partial charge is 0.475 e. The van der Waals surface area contributed by atoms with Crippen molar-refractivity contribution < 1.29 is 14.2 Å². The van der Waals surface area contributed by atoms with Gasteiger partial charge in [0, 0.05) is 12.5 Å². The molecule has 5 heteroatoms. The molecule has 0 saturated heterocycles. The van der Waals surface area contributed by atoms with Gasteiger partial charge < -0.3 is 14.2 Å². The first-order chi connectivity index (χ1) is 9.85. The molecular formula is C15H18ClNO3. The fraction of sp³-hybridized carbons (Fsp3) is 0.400. The molecule has 0 bridgehead atoms. The summed E-state index contributed by atoms with van der Waals surface area (Å²) in [5, 5.41) is 2.06. The molecule has 0 fully saturated rings. The second-order valence-corrected chi connectivity index (χ2v) is 4.49. The first-order valence-electron chi connectivity index (χ1n) is 6.49. The molecule has 1 heterocycles. The molecule has 0 aliphatic rings. The Morgan fingerprint density at radius 2 is 1.90 bits per heavy atom. The molecule has 108 valence electrons. The van der Waals surface area contributed by atoms with Crippen LogP contribution in [0.15, 0.2) is 30.3 Å². The summed E-state index contributed by atoms with van der Waals surface area (Å²) >= 11 is 5.86. The number of methoxy groups -OCH3 is 1. The van der Waals surface area contributed by atoms with Crippen LogP contribution in [0.25, 0.3) is 10.8 Å². The van der Waals surface area contributed by atoms with E-state index in [1.165, 1.54) is 0 Å². The van der Waals surface area contributed by atoms with Gasteiger partial charge in [0.15, 0.2) is 0 Å². The Hall–Kier alpha value is -1.36. The van der Waals surface area contributed by atoms with Gasteiger partial charge in [-0.1, -0.05) is 18.2 Å². The molecule has 0 unspecified atom stereocenters. The van der Waals surface area contributed by atoms with Gasteiger partial charge >= 0.3 is 0 Å². The maximum atomic E-state index is 5.86. The van der Waals surface area contributed by atoms with Crippen LogP contribution < -0.4 is 4.74 Å². The van der Waals surface area contributed by atoms with E-state index in [9.17, 15) is 0 Å². The van der Waals surface area contributed by atoms with Gasteiger partial charge in [0.1, 0.15) is 6.61 Å². The molecular weight excluding hydrogens is 278 g/mol. The molecule has 0 radical (unpaired) electrons. The van der Waals surface area contributed by atoms with Crippen LogP contribution >= 0.6 is 11.6 Å². The molecule has 2 rings (SSSR count). The molecule has 1 aromatic heterocycles. The Bertz CT molecular complexity index is 548. The van der Waals surface area contributed by atoms with Crippen LogP contribution in [-0.2, 0) is 15.4 Å². The number of halogens is 1. The summed E-state index contributed by atoms with van der Waals surface area (Å²) in [7, 11) is 1.65. The van der Waals surface area contributed by atoms with Crippen LogP contribution in [0.2, 0.25) is 0 Å². The molecule has 4 nitrogen and oxygen atoms in total. The minimum Gasteiger partial charge on any atom is -0.475 e. The van der Waals surface area contributed by atoms with E-state index in [1.807, 2.05) is 30.3 Å². The van der Waals surface area contributed by atoms with Crippen LogP contribution in [0.5, 0.6) is 5.88 Å². The number of aromatic nitrogens is 1. The van der Waals surface area contributed by atoms with E-state index in [2.05, 4.69) is 4.98 Å². The van der Waals surface area contributed by atoms with E-state index in [4.69, 9.17) is 25.8 Å². The number of pyridine rings is 1. The van der Waals surface area contributed by atoms with Gasteiger partial charge in [0.05, 0.1) is 31.4 Å². The van der Waals surface area contributed by atoms with Gasteiger partial charge in [-0.05, 0) is 17.5 Å². The Morgan fingerprint density at radius 1 is 1.10 bits per heavy atom. The zero-order valence-corrected chi connectivity index (χ0v) is 12.2. The smallest absolute Gasteiger partial charge is 0.221 e. The van der Waals surface area contributed by atoms with Crippen molar-refractivity contribution in [2.24, 2.45) is 0 Å². The maximum absolute atomic E-state index is 5.86. The van der Waals surface area contributed by atoms with E-state index in [0.29, 0.717) is 38.2 Å². The second-order valence-electron chi connectivity index (χ2n) is 4.23. The topological polar surface area (TPSA) is 40.6 Å². The summed E-state index contributed by atoms with van der Waals surface area (Å²) in [5.41, 5.74) is 0.806. The molecule has 20 heavy (non-hydrogen) atoms. The second kappa shape index (κ2) is 8.04. The van der Waals surface area contributed by atoms with E-state index < -0.39 is 0 Å². The highest BCUT2D eigenvalue weighted by Crippen LogP contribution is 2.25. The molecule has 0 atom stereocenters. The van der Waals surface area contributed by atoms with Crippen molar-refractivity contribution in [1.29, 1.82) is 0 Å². The Labute approximate surface area is 123 Å². The lowest BCUT2D eigenvalue weighted by Gasteiger charge is -2.10. The van der Waals surface area contributed by atoms with Crippen molar-refractivity contribution in [3.63, 3.8) is 0 Å². The standard InChI is InChI=1S/C15H18ClNO3/c1-18-6-7-19-8-9-20-15-14-5-3-2-4-12(14)10-13(11-16)17-15/h2-5,10H,6-9,11H2,1H3. The first kappa shape index (κ1) is 15.0. The minimum atomic E-state index is 0.367. The highest BCUT2D eigenvalue weighted by molar-refractivity contribution is 6.17. The van der Waals surface area contributed by atoms with Crippen molar-refractivity contribution in [2.75, 3.05) is 33.5 Å². The number of fused-ring (bicyclic) bond motifs is 1. The lowest BCUT2D eigenvalue weighted by Crippen LogP contribution is -2.11. The monoisotopic (exact) mass is 295 g/mol.